The Kier molecular flexibility index (Phi) is 2.90. The van der Waals surface area contributed by atoms with Crippen LogP contribution in [0.3, 0.4) is 0 Å². The Morgan fingerprint density at radius 2 is 2.13 bits per heavy atom. The number of rotatable bonds is 2. The van der Waals surface area contributed by atoms with E-state index in [0.717, 1.165) is 12.1 Å². The minimum Gasteiger partial charge on any atom is -0.341 e. The van der Waals surface area contributed by atoms with Crippen molar-refractivity contribution >= 4 is 10.8 Å². The molecule has 2 aromatic rings. The lowest BCUT2D eigenvalue weighted by molar-refractivity contribution is 0.906. The summed E-state index contributed by atoms with van der Waals surface area (Å²) in [5.74, 6) is 2.81. The quantitative estimate of drug-likeness (QED) is 0.572. The molecule has 15 heavy (non-hydrogen) atoms. The highest BCUT2D eigenvalue weighted by Crippen LogP contribution is 2.17. The smallest absolute Gasteiger partial charge is 0.0492 e. The van der Waals surface area contributed by atoms with Crippen molar-refractivity contribution in [1.29, 1.82) is 0 Å². The summed E-state index contributed by atoms with van der Waals surface area (Å²) >= 11 is 0. The van der Waals surface area contributed by atoms with E-state index in [2.05, 4.69) is 41.5 Å². The molecule has 0 heterocycles. The molecule has 2 rings (SSSR count). The van der Waals surface area contributed by atoms with Gasteiger partial charge in [-0.3, -0.25) is 0 Å². The zero-order valence-corrected chi connectivity index (χ0v) is 8.67. The van der Waals surface area contributed by atoms with Crippen molar-refractivity contribution in [2.24, 2.45) is 0 Å². The molecule has 73 valence electrons. The first-order chi connectivity index (χ1) is 7.42. The molecule has 1 radical (unpaired) electrons. The Labute approximate surface area is 90.1 Å². The van der Waals surface area contributed by atoms with E-state index in [1.807, 2.05) is 25.1 Å². The standard InChI is InChI=1S/C14H12N/c1-2-10-15-11-13-8-5-7-12-6-3-4-9-14(12)13/h3-7,9,15H,11H2,1H3. The van der Waals surface area contributed by atoms with Gasteiger partial charge in [0, 0.05) is 12.6 Å². The average molecular weight is 194 g/mol. The van der Waals surface area contributed by atoms with Gasteiger partial charge in [0.2, 0.25) is 0 Å². The summed E-state index contributed by atoms with van der Waals surface area (Å²) in [5, 5.41) is 5.54. The molecule has 1 N–H and O–H groups in total. The van der Waals surface area contributed by atoms with Gasteiger partial charge in [-0.2, -0.15) is 0 Å². The summed E-state index contributed by atoms with van der Waals surface area (Å²) in [6.45, 7) is 2.56. The molecule has 0 aromatic heterocycles. The highest BCUT2D eigenvalue weighted by atomic mass is 14.8. The number of hydrogen-bond acceptors (Lipinski definition) is 1. The van der Waals surface area contributed by atoms with Gasteiger partial charge in [-0.1, -0.05) is 42.3 Å². The van der Waals surface area contributed by atoms with E-state index < -0.39 is 0 Å². The fourth-order valence-corrected chi connectivity index (χ4v) is 1.59. The monoisotopic (exact) mass is 194 g/mol. The van der Waals surface area contributed by atoms with Gasteiger partial charge in [-0.15, -0.1) is 0 Å². The Morgan fingerprint density at radius 3 is 3.00 bits per heavy atom. The third-order valence-corrected chi connectivity index (χ3v) is 2.28. The average Bonchev–Trinajstić information content (AvgIpc) is 2.30. The van der Waals surface area contributed by atoms with Gasteiger partial charge < -0.3 is 5.32 Å². The van der Waals surface area contributed by atoms with Gasteiger partial charge >= 0.3 is 0 Å². The van der Waals surface area contributed by atoms with Crippen LogP contribution in [0.2, 0.25) is 0 Å². The maximum Gasteiger partial charge on any atom is 0.0492 e. The molecule has 1 nitrogen and oxygen atoms in total. The summed E-state index contributed by atoms with van der Waals surface area (Å²) in [4.78, 5) is 0. The molecule has 1 heteroatoms. The Bertz CT molecular complexity index is 512. The van der Waals surface area contributed by atoms with Crippen molar-refractivity contribution in [2.75, 3.05) is 0 Å². The van der Waals surface area contributed by atoms with Crippen LogP contribution in [0.25, 0.3) is 10.8 Å². The summed E-state index contributed by atoms with van der Waals surface area (Å²) < 4.78 is 0. The SMILES string of the molecule is CC#CNCc1[c]ccc2ccccc12. The highest BCUT2D eigenvalue weighted by Gasteiger charge is 1.98. The van der Waals surface area contributed by atoms with Crippen LogP contribution in [0, 0.1) is 18.0 Å². The van der Waals surface area contributed by atoms with Gasteiger partial charge in [-0.05, 0) is 29.3 Å². The van der Waals surface area contributed by atoms with Gasteiger partial charge in [0.1, 0.15) is 0 Å². The van der Waals surface area contributed by atoms with E-state index >= 15 is 0 Å². The van der Waals surface area contributed by atoms with E-state index in [0.29, 0.717) is 0 Å². The van der Waals surface area contributed by atoms with E-state index in [1.54, 1.807) is 0 Å². The van der Waals surface area contributed by atoms with E-state index in [4.69, 9.17) is 0 Å². The molecule has 0 aliphatic heterocycles. The van der Waals surface area contributed by atoms with Crippen molar-refractivity contribution in [1.82, 2.24) is 5.32 Å². The van der Waals surface area contributed by atoms with Crippen molar-refractivity contribution in [2.45, 2.75) is 13.5 Å². The zero-order valence-electron chi connectivity index (χ0n) is 8.67. The molecule has 0 spiro atoms. The second-order valence-corrected chi connectivity index (χ2v) is 3.27. The first kappa shape index (κ1) is 9.61. The maximum absolute atomic E-state index is 3.24. The van der Waals surface area contributed by atoms with Crippen LogP contribution in [0.1, 0.15) is 12.5 Å². The lowest BCUT2D eigenvalue weighted by atomic mass is 10.0. The molecule has 0 unspecified atom stereocenters. The van der Waals surface area contributed by atoms with E-state index in [-0.39, 0.29) is 0 Å². The van der Waals surface area contributed by atoms with Crippen molar-refractivity contribution < 1.29 is 0 Å². The van der Waals surface area contributed by atoms with E-state index in [1.165, 1.54) is 10.8 Å². The van der Waals surface area contributed by atoms with E-state index in [9.17, 15) is 0 Å². The first-order valence-corrected chi connectivity index (χ1v) is 4.95. The van der Waals surface area contributed by atoms with Gasteiger partial charge in [-0.25, -0.2) is 0 Å². The second-order valence-electron chi connectivity index (χ2n) is 3.27. The number of hydrogen-bond donors (Lipinski definition) is 1. The molecule has 0 amide bonds. The van der Waals surface area contributed by atoms with Gasteiger partial charge in [0.15, 0.2) is 0 Å². The first-order valence-electron chi connectivity index (χ1n) is 4.95. The van der Waals surface area contributed by atoms with Crippen molar-refractivity contribution in [3.8, 4) is 12.0 Å². The summed E-state index contributed by atoms with van der Waals surface area (Å²) in [7, 11) is 0. The largest absolute Gasteiger partial charge is 0.341 e. The Hall–Kier alpha value is -1.94. The molecule has 0 aliphatic carbocycles. The second kappa shape index (κ2) is 4.52. The van der Waals surface area contributed by atoms with Crippen molar-refractivity contribution in [3.63, 3.8) is 0 Å². The van der Waals surface area contributed by atoms with Crippen LogP contribution in [-0.2, 0) is 6.54 Å². The minimum absolute atomic E-state index is 0.738. The summed E-state index contributed by atoms with van der Waals surface area (Å²) in [6.07, 6.45) is 0. The molecule has 0 fully saturated rings. The van der Waals surface area contributed by atoms with Crippen LogP contribution in [0.5, 0.6) is 0 Å². The third-order valence-electron chi connectivity index (χ3n) is 2.28. The number of benzene rings is 2. The number of nitrogens with one attached hydrogen (secondary N) is 1. The normalized spacial score (nSPS) is 9.40. The van der Waals surface area contributed by atoms with Gasteiger partial charge in [0.25, 0.3) is 0 Å². The Morgan fingerprint density at radius 1 is 1.27 bits per heavy atom. The molecule has 0 saturated carbocycles. The predicted octanol–water partition coefficient (Wildman–Crippen LogP) is 2.71. The fourth-order valence-electron chi connectivity index (χ4n) is 1.59. The molecule has 2 aromatic carbocycles. The molecule has 0 saturated heterocycles. The topological polar surface area (TPSA) is 12.0 Å². The van der Waals surface area contributed by atoms with Crippen LogP contribution < -0.4 is 5.32 Å². The lowest BCUT2D eigenvalue weighted by Crippen LogP contribution is -2.05. The fraction of sp³-hybridized carbons (Fsp3) is 0.143. The highest BCUT2D eigenvalue weighted by molar-refractivity contribution is 5.85. The van der Waals surface area contributed by atoms with Gasteiger partial charge in [0.05, 0.1) is 0 Å². The number of fused-ring (bicyclic) bond motifs is 1. The van der Waals surface area contributed by atoms with Crippen molar-refractivity contribution in [3.05, 3.63) is 48.0 Å². The third kappa shape index (κ3) is 2.11. The molecular formula is C14H12N. The van der Waals surface area contributed by atoms with Crippen LogP contribution in [0.15, 0.2) is 36.4 Å². The molecule has 0 bridgehead atoms. The van der Waals surface area contributed by atoms with Crippen LogP contribution in [-0.4, -0.2) is 0 Å². The molecule has 0 atom stereocenters. The predicted molar refractivity (Wildman–Crippen MR) is 63.1 cm³/mol. The zero-order chi connectivity index (χ0) is 10.5. The van der Waals surface area contributed by atoms with Crippen LogP contribution in [0.4, 0.5) is 0 Å². The molecule has 0 aliphatic rings. The lowest BCUT2D eigenvalue weighted by Gasteiger charge is -2.04. The summed E-state index contributed by atoms with van der Waals surface area (Å²) in [6, 6.07) is 18.4. The minimum atomic E-state index is 0.738. The Balaban J connectivity index is 2.36. The summed E-state index contributed by atoms with van der Waals surface area (Å²) in [5.41, 5.74) is 1.16. The maximum atomic E-state index is 3.24. The molecular weight excluding hydrogens is 182 g/mol. The van der Waals surface area contributed by atoms with Crippen LogP contribution >= 0.6 is 0 Å².